The third-order valence-electron chi connectivity index (χ3n) is 5.33. The van der Waals surface area contributed by atoms with Crippen molar-refractivity contribution in [3.8, 4) is 0 Å². The van der Waals surface area contributed by atoms with Crippen LogP contribution in [-0.2, 0) is 13.1 Å². The topological polar surface area (TPSA) is 46.9 Å². The van der Waals surface area contributed by atoms with Crippen LogP contribution in [0.1, 0.15) is 21.7 Å². The molecule has 4 heteroatoms. The zero-order chi connectivity index (χ0) is 20.3. The quantitative estimate of drug-likeness (QED) is 0.449. The van der Waals surface area contributed by atoms with Crippen LogP contribution >= 0.6 is 0 Å². The molecule has 0 spiro atoms. The Morgan fingerprint density at radius 3 is 2.40 bits per heavy atom. The summed E-state index contributed by atoms with van der Waals surface area (Å²) >= 11 is 0. The van der Waals surface area contributed by atoms with Crippen molar-refractivity contribution < 1.29 is 4.79 Å². The van der Waals surface area contributed by atoms with Gasteiger partial charge in [0.25, 0.3) is 5.91 Å². The van der Waals surface area contributed by atoms with Crippen molar-refractivity contribution in [1.82, 2.24) is 14.9 Å². The molecule has 0 aliphatic heterocycles. The van der Waals surface area contributed by atoms with Gasteiger partial charge in [-0.2, -0.15) is 0 Å². The summed E-state index contributed by atoms with van der Waals surface area (Å²) in [6, 6.07) is 32.2. The van der Waals surface area contributed by atoms with Crippen LogP contribution in [0.3, 0.4) is 0 Å². The van der Waals surface area contributed by atoms with E-state index in [1.165, 1.54) is 16.3 Å². The summed E-state index contributed by atoms with van der Waals surface area (Å²) < 4.78 is 2.19. The van der Waals surface area contributed by atoms with Crippen molar-refractivity contribution in [2.24, 2.45) is 0 Å². The van der Waals surface area contributed by atoms with Gasteiger partial charge >= 0.3 is 0 Å². The Hall–Kier alpha value is -3.92. The molecule has 0 saturated carbocycles. The Bertz CT molecular complexity index is 1340. The van der Waals surface area contributed by atoms with Crippen LogP contribution < -0.4 is 5.32 Å². The number of para-hydroxylation sites is 2. The first-order chi connectivity index (χ1) is 14.8. The third-order valence-corrected chi connectivity index (χ3v) is 5.33. The maximum atomic E-state index is 12.5. The molecule has 1 heterocycles. The molecular weight excluding hydrogens is 370 g/mol. The van der Waals surface area contributed by atoms with Gasteiger partial charge in [-0.25, -0.2) is 4.98 Å². The number of rotatable bonds is 5. The molecule has 5 aromatic rings. The summed E-state index contributed by atoms with van der Waals surface area (Å²) in [6.45, 7) is 1.07. The zero-order valence-corrected chi connectivity index (χ0v) is 16.5. The van der Waals surface area contributed by atoms with Gasteiger partial charge in [-0.1, -0.05) is 66.7 Å². The second kappa shape index (κ2) is 7.84. The van der Waals surface area contributed by atoms with Gasteiger partial charge in [0.1, 0.15) is 5.82 Å². The molecule has 1 amide bonds. The number of imidazole rings is 1. The van der Waals surface area contributed by atoms with Crippen LogP contribution in [0.2, 0.25) is 0 Å². The number of nitrogens with one attached hydrogen (secondary N) is 1. The van der Waals surface area contributed by atoms with E-state index in [2.05, 4.69) is 58.4 Å². The molecule has 0 bridgehead atoms. The Balaban J connectivity index is 1.46. The summed E-state index contributed by atoms with van der Waals surface area (Å²) in [5.74, 6) is 0.744. The van der Waals surface area contributed by atoms with Gasteiger partial charge < -0.3 is 9.88 Å². The van der Waals surface area contributed by atoms with Gasteiger partial charge in [-0.3, -0.25) is 4.79 Å². The van der Waals surface area contributed by atoms with Crippen LogP contribution in [0.5, 0.6) is 0 Å². The predicted octanol–water partition coefficient (Wildman–Crippen LogP) is 5.17. The smallest absolute Gasteiger partial charge is 0.251 e. The highest BCUT2D eigenvalue weighted by Crippen LogP contribution is 2.21. The van der Waals surface area contributed by atoms with E-state index in [0.29, 0.717) is 18.7 Å². The molecule has 5 rings (SSSR count). The summed E-state index contributed by atoms with van der Waals surface area (Å²) in [7, 11) is 0. The number of nitrogens with zero attached hydrogens (tertiary/aromatic N) is 2. The highest BCUT2D eigenvalue weighted by molar-refractivity contribution is 5.94. The number of benzene rings is 4. The fourth-order valence-electron chi connectivity index (χ4n) is 3.81. The van der Waals surface area contributed by atoms with Gasteiger partial charge in [-0.05, 0) is 46.7 Å². The second-order valence-electron chi connectivity index (χ2n) is 7.33. The first-order valence-corrected chi connectivity index (χ1v) is 10.0. The Labute approximate surface area is 174 Å². The molecular formula is C26H21N3O. The minimum Gasteiger partial charge on any atom is -0.345 e. The van der Waals surface area contributed by atoms with Gasteiger partial charge in [0.2, 0.25) is 0 Å². The molecule has 0 unspecified atom stereocenters. The van der Waals surface area contributed by atoms with Crippen LogP contribution in [0, 0.1) is 0 Å². The largest absolute Gasteiger partial charge is 0.345 e. The molecule has 146 valence electrons. The number of aromatic nitrogens is 2. The van der Waals surface area contributed by atoms with Crippen molar-refractivity contribution in [1.29, 1.82) is 0 Å². The average Bonchev–Trinajstić information content (AvgIpc) is 3.15. The van der Waals surface area contributed by atoms with Crippen molar-refractivity contribution in [3.63, 3.8) is 0 Å². The minimum atomic E-state index is -0.0973. The fraction of sp³-hybridized carbons (Fsp3) is 0.0769. The van der Waals surface area contributed by atoms with E-state index >= 15 is 0 Å². The molecule has 1 N–H and O–H groups in total. The summed E-state index contributed by atoms with van der Waals surface area (Å²) in [6.07, 6.45) is 0. The van der Waals surface area contributed by atoms with E-state index in [4.69, 9.17) is 4.98 Å². The minimum absolute atomic E-state index is 0.0973. The lowest BCUT2D eigenvalue weighted by Gasteiger charge is -2.11. The van der Waals surface area contributed by atoms with Crippen molar-refractivity contribution in [2.45, 2.75) is 13.1 Å². The van der Waals surface area contributed by atoms with Crippen LogP contribution in [0.25, 0.3) is 21.8 Å². The second-order valence-corrected chi connectivity index (χ2v) is 7.33. The average molecular weight is 391 g/mol. The standard InChI is InChI=1S/C26H21N3O/c30-26(21-9-2-1-3-10-21)27-17-25-28-23-12-6-7-13-24(23)29(25)18-19-14-15-20-8-4-5-11-22(20)16-19/h1-16H,17-18H2,(H,27,30). The van der Waals surface area contributed by atoms with E-state index in [1.807, 2.05) is 48.5 Å². The molecule has 0 atom stereocenters. The lowest BCUT2D eigenvalue weighted by Crippen LogP contribution is -2.24. The van der Waals surface area contributed by atoms with Crippen LogP contribution in [0.15, 0.2) is 97.1 Å². The molecule has 4 nitrogen and oxygen atoms in total. The lowest BCUT2D eigenvalue weighted by atomic mass is 10.1. The Morgan fingerprint density at radius 2 is 1.53 bits per heavy atom. The molecule has 0 saturated heterocycles. The highest BCUT2D eigenvalue weighted by Gasteiger charge is 2.13. The van der Waals surface area contributed by atoms with E-state index < -0.39 is 0 Å². The summed E-state index contributed by atoms with van der Waals surface area (Å²) in [5, 5.41) is 5.46. The monoisotopic (exact) mass is 391 g/mol. The first-order valence-electron chi connectivity index (χ1n) is 10.0. The van der Waals surface area contributed by atoms with Gasteiger partial charge in [-0.15, -0.1) is 0 Å². The molecule has 30 heavy (non-hydrogen) atoms. The predicted molar refractivity (Wildman–Crippen MR) is 120 cm³/mol. The number of carbonyl (C=O) groups is 1. The number of amides is 1. The molecule has 4 aromatic carbocycles. The van der Waals surface area contributed by atoms with Gasteiger partial charge in [0.15, 0.2) is 0 Å². The number of fused-ring (bicyclic) bond motifs is 2. The van der Waals surface area contributed by atoms with Gasteiger partial charge in [0, 0.05) is 12.1 Å². The van der Waals surface area contributed by atoms with Crippen LogP contribution in [-0.4, -0.2) is 15.5 Å². The summed E-state index contributed by atoms with van der Waals surface area (Å²) in [4.78, 5) is 17.3. The van der Waals surface area contributed by atoms with Crippen molar-refractivity contribution in [2.75, 3.05) is 0 Å². The molecule has 1 aromatic heterocycles. The Kier molecular flexibility index (Phi) is 4.74. The third kappa shape index (κ3) is 3.55. The fourth-order valence-corrected chi connectivity index (χ4v) is 3.81. The Morgan fingerprint density at radius 1 is 0.800 bits per heavy atom. The van der Waals surface area contributed by atoms with Crippen molar-refractivity contribution >= 4 is 27.7 Å². The normalized spacial score (nSPS) is 11.1. The lowest BCUT2D eigenvalue weighted by molar-refractivity contribution is 0.0949. The highest BCUT2D eigenvalue weighted by atomic mass is 16.1. The van der Waals surface area contributed by atoms with E-state index in [0.717, 1.165) is 16.9 Å². The summed E-state index contributed by atoms with van der Waals surface area (Å²) in [5.41, 5.74) is 3.85. The van der Waals surface area contributed by atoms with Crippen LogP contribution in [0.4, 0.5) is 0 Å². The van der Waals surface area contributed by atoms with E-state index in [-0.39, 0.29) is 5.91 Å². The molecule has 0 aliphatic carbocycles. The first kappa shape index (κ1) is 18.1. The number of hydrogen-bond donors (Lipinski definition) is 1. The van der Waals surface area contributed by atoms with E-state index in [1.54, 1.807) is 0 Å². The number of carbonyl (C=O) groups excluding carboxylic acids is 1. The molecule has 0 radical (unpaired) electrons. The number of hydrogen-bond acceptors (Lipinski definition) is 2. The maximum Gasteiger partial charge on any atom is 0.251 e. The molecule has 0 aliphatic rings. The zero-order valence-electron chi connectivity index (χ0n) is 16.5. The maximum absolute atomic E-state index is 12.5. The van der Waals surface area contributed by atoms with Gasteiger partial charge in [0.05, 0.1) is 17.6 Å². The van der Waals surface area contributed by atoms with Crippen molar-refractivity contribution in [3.05, 3.63) is 114 Å². The SMILES string of the molecule is O=C(NCc1nc2ccccc2n1Cc1ccc2ccccc2c1)c1ccccc1. The molecule has 0 fully saturated rings. The van der Waals surface area contributed by atoms with E-state index in [9.17, 15) is 4.79 Å².